The fraction of sp³-hybridized carbons (Fsp3) is 0.667. The van der Waals surface area contributed by atoms with Crippen LogP contribution in [0.4, 0.5) is 0 Å². The first-order valence-corrected chi connectivity index (χ1v) is 7.81. The lowest BCUT2D eigenvalue weighted by Gasteiger charge is -2.61. The highest BCUT2D eigenvalue weighted by Gasteiger charge is 2.59. The summed E-state index contributed by atoms with van der Waals surface area (Å²) in [6.07, 6.45) is 9.04. The molecule has 2 aromatic heterocycles. The number of rotatable bonds is 2. The normalized spacial score (nSPS) is 31.9. The van der Waals surface area contributed by atoms with Crippen LogP contribution < -0.4 is 5.56 Å². The second-order valence-corrected chi connectivity index (χ2v) is 6.82. The first-order valence-electron chi connectivity index (χ1n) is 7.81. The van der Waals surface area contributed by atoms with Crippen LogP contribution in [0.15, 0.2) is 17.2 Å². The Bertz CT molecular complexity index is 755. The van der Waals surface area contributed by atoms with Gasteiger partial charge in [-0.2, -0.15) is 10.2 Å². The molecule has 1 saturated heterocycles. The van der Waals surface area contributed by atoms with Crippen molar-refractivity contribution in [1.29, 1.82) is 0 Å². The van der Waals surface area contributed by atoms with Gasteiger partial charge in [0.1, 0.15) is 0 Å². The van der Waals surface area contributed by atoms with Crippen LogP contribution in [0.5, 0.6) is 0 Å². The smallest absolute Gasteiger partial charge is 0.295 e. The van der Waals surface area contributed by atoms with Gasteiger partial charge < -0.3 is 4.74 Å². The van der Waals surface area contributed by atoms with Crippen molar-refractivity contribution in [3.05, 3.63) is 22.7 Å². The van der Waals surface area contributed by atoms with Gasteiger partial charge in [0.15, 0.2) is 5.52 Å². The summed E-state index contributed by atoms with van der Waals surface area (Å²) in [6, 6.07) is 0.342. The minimum Gasteiger partial charge on any atom is -0.381 e. The van der Waals surface area contributed by atoms with E-state index in [0.29, 0.717) is 11.6 Å². The second-order valence-electron chi connectivity index (χ2n) is 6.82. The topological polar surface area (TPSA) is 61.9 Å². The zero-order valence-electron chi connectivity index (χ0n) is 11.9. The Morgan fingerprint density at radius 1 is 1.24 bits per heavy atom. The van der Waals surface area contributed by atoms with Crippen molar-refractivity contribution in [3.63, 3.8) is 0 Å². The fourth-order valence-corrected chi connectivity index (χ4v) is 4.11. The third-order valence-electron chi connectivity index (χ3n) is 5.49. The van der Waals surface area contributed by atoms with Crippen LogP contribution in [0, 0.1) is 5.92 Å². The third-order valence-corrected chi connectivity index (χ3v) is 5.49. The standard InChI is InChI=1S/C15H18N4O2/c20-14-13-11(8-16-19(14)15-5-10(6-15)7-15)9-18(17-13)12-1-3-21-4-2-12/h8-10,12H,1-7H2. The summed E-state index contributed by atoms with van der Waals surface area (Å²) in [5.74, 6) is 0.828. The number of hydrogen-bond acceptors (Lipinski definition) is 4. The molecule has 0 spiro atoms. The van der Waals surface area contributed by atoms with Crippen molar-refractivity contribution in [2.24, 2.45) is 5.92 Å². The quantitative estimate of drug-likeness (QED) is 0.838. The number of ether oxygens (including phenoxy) is 1. The number of fused-ring (bicyclic) bond motifs is 1. The molecule has 3 aliphatic carbocycles. The summed E-state index contributed by atoms with van der Waals surface area (Å²) in [6.45, 7) is 1.54. The minimum atomic E-state index is -0.0172. The molecule has 0 N–H and O–H groups in total. The van der Waals surface area contributed by atoms with Gasteiger partial charge in [0.25, 0.3) is 5.56 Å². The zero-order valence-corrected chi connectivity index (χ0v) is 11.9. The molecule has 0 unspecified atom stereocenters. The molecule has 110 valence electrons. The van der Waals surface area contributed by atoms with E-state index in [2.05, 4.69) is 10.2 Å². The van der Waals surface area contributed by atoms with E-state index in [-0.39, 0.29) is 11.1 Å². The van der Waals surface area contributed by atoms with E-state index < -0.39 is 0 Å². The zero-order chi connectivity index (χ0) is 14.0. The predicted octanol–water partition coefficient (Wildman–Crippen LogP) is 1.45. The van der Waals surface area contributed by atoms with Gasteiger partial charge in [0.2, 0.25) is 0 Å². The van der Waals surface area contributed by atoms with E-state index in [4.69, 9.17) is 4.74 Å². The average molecular weight is 286 g/mol. The predicted molar refractivity (Wildman–Crippen MR) is 76.2 cm³/mol. The van der Waals surface area contributed by atoms with E-state index in [1.807, 2.05) is 10.9 Å². The first-order chi connectivity index (χ1) is 10.3. The largest absolute Gasteiger partial charge is 0.381 e. The second kappa shape index (κ2) is 3.94. The Balaban J connectivity index is 1.58. The van der Waals surface area contributed by atoms with Crippen LogP contribution in [-0.4, -0.2) is 32.8 Å². The van der Waals surface area contributed by atoms with E-state index in [1.165, 1.54) is 0 Å². The van der Waals surface area contributed by atoms with Gasteiger partial charge in [0.05, 0.1) is 17.8 Å². The third kappa shape index (κ3) is 1.54. The molecule has 0 atom stereocenters. The van der Waals surface area contributed by atoms with Gasteiger partial charge in [-0.25, -0.2) is 4.68 Å². The van der Waals surface area contributed by atoms with Gasteiger partial charge in [0, 0.05) is 24.8 Å². The monoisotopic (exact) mass is 286 g/mol. The minimum absolute atomic E-state index is 0.0172. The lowest BCUT2D eigenvalue weighted by atomic mass is 9.50. The Labute approximate surface area is 121 Å². The molecule has 6 rings (SSSR count). The molecule has 4 fully saturated rings. The molecule has 3 saturated carbocycles. The summed E-state index contributed by atoms with van der Waals surface area (Å²) in [7, 11) is 0. The molecule has 6 heteroatoms. The van der Waals surface area contributed by atoms with Gasteiger partial charge in [-0.15, -0.1) is 0 Å². The van der Waals surface area contributed by atoms with Crippen LogP contribution in [0.2, 0.25) is 0 Å². The molecule has 6 nitrogen and oxygen atoms in total. The maximum atomic E-state index is 12.7. The maximum Gasteiger partial charge on any atom is 0.295 e. The van der Waals surface area contributed by atoms with E-state index in [9.17, 15) is 4.79 Å². The number of hydrogen-bond donors (Lipinski definition) is 0. The van der Waals surface area contributed by atoms with E-state index in [0.717, 1.165) is 56.6 Å². The van der Waals surface area contributed by atoms with Gasteiger partial charge in [-0.05, 0) is 38.0 Å². The molecule has 2 bridgehead atoms. The molecule has 2 aromatic rings. The van der Waals surface area contributed by atoms with Crippen molar-refractivity contribution >= 4 is 10.9 Å². The lowest BCUT2D eigenvalue weighted by Crippen LogP contribution is -2.62. The summed E-state index contributed by atoms with van der Waals surface area (Å²) >= 11 is 0. The lowest BCUT2D eigenvalue weighted by molar-refractivity contribution is -0.101. The summed E-state index contributed by atoms with van der Waals surface area (Å²) in [4.78, 5) is 12.7. The van der Waals surface area contributed by atoms with Crippen LogP contribution >= 0.6 is 0 Å². The molecule has 3 heterocycles. The number of nitrogens with zero attached hydrogens (tertiary/aromatic N) is 4. The highest BCUT2D eigenvalue weighted by molar-refractivity contribution is 5.75. The molecular weight excluding hydrogens is 268 g/mol. The van der Waals surface area contributed by atoms with Gasteiger partial charge >= 0.3 is 0 Å². The van der Waals surface area contributed by atoms with Gasteiger partial charge in [-0.1, -0.05) is 0 Å². The molecular formula is C15H18N4O2. The van der Waals surface area contributed by atoms with Gasteiger partial charge in [-0.3, -0.25) is 9.48 Å². The molecule has 21 heavy (non-hydrogen) atoms. The highest BCUT2D eigenvalue weighted by atomic mass is 16.5. The first kappa shape index (κ1) is 11.9. The van der Waals surface area contributed by atoms with Crippen LogP contribution in [0.3, 0.4) is 0 Å². The van der Waals surface area contributed by atoms with E-state index >= 15 is 0 Å². The Kier molecular flexibility index (Phi) is 2.24. The maximum absolute atomic E-state index is 12.7. The summed E-state index contributed by atoms with van der Waals surface area (Å²) in [5.41, 5.74) is 0.580. The van der Waals surface area contributed by atoms with Crippen molar-refractivity contribution in [2.75, 3.05) is 13.2 Å². The summed E-state index contributed by atoms with van der Waals surface area (Å²) < 4.78 is 9.04. The molecule has 4 aliphatic rings. The fourth-order valence-electron chi connectivity index (χ4n) is 4.11. The van der Waals surface area contributed by atoms with Crippen LogP contribution in [-0.2, 0) is 10.3 Å². The highest BCUT2D eigenvalue weighted by Crippen LogP contribution is 2.61. The Morgan fingerprint density at radius 2 is 2.00 bits per heavy atom. The number of aromatic nitrogens is 4. The molecule has 0 aromatic carbocycles. The van der Waals surface area contributed by atoms with Crippen LogP contribution in [0.25, 0.3) is 10.9 Å². The Hall–Kier alpha value is -1.69. The van der Waals surface area contributed by atoms with E-state index in [1.54, 1.807) is 10.9 Å². The van der Waals surface area contributed by atoms with Crippen molar-refractivity contribution in [2.45, 2.75) is 43.7 Å². The Morgan fingerprint density at radius 3 is 2.67 bits per heavy atom. The van der Waals surface area contributed by atoms with Crippen LogP contribution in [0.1, 0.15) is 38.1 Å². The SMILES string of the molecule is O=c1c2nn(C3CCOCC3)cc2cnn1C12CC(C1)C2. The van der Waals surface area contributed by atoms with Crippen molar-refractivity contribution in [3.8, 4) is 0 Å². The summed E-state index contributed by atoms with van der Waals surface area (Å²) in [5, 5.41) is 9.85. The van der Waals surface area contributed by atoms with Crippen molar-refractivity contribution < 1.29 is 4.74 Å². The molecule has 0 radical (unpaired) electrons. The molecule has 1 aliphatic heterocycles. The molecule has 0 amide bonds. The average Bonchev–Trinajstić information content (AvgIpc) is 2.84. The van der Waals surface area contributed by atoms with Crippen molar-refractivity contribution in [1.82, 2.24) is 19.6 Å².